The Morgan fingerprint density at radius 3 is 2.69 bits per heavy atom. The number of halogens is 3. The van der Waals surface area contributed by atoms with Gasteiger partial charge in [-0.15, -0.1) is 0 Å². The highest BCUT2D eigenvalue weighted by Gasteiger charge is 2.14. The van der Waals surface area contributed by atoms with Crippen molar-refractivity contribution in [1.82, 2.24) is 5.43 Å². The largest absolute Gasteiger partial charge is 0.493 e. The number of nitrogens with zero attached hydrogens (tertiary/aromatic N) is 1. The summed E-state index contributed by atoms with van der Waals surface area (Å²) in [5.41, 5.74) is 4.53. The van der Waals surface area contributed by atoms with Gasteiger partial charge in [0.2, 0.25) is 6.79 Å². The van der Waals surface area contributed by atoms with Gasteiger partial charge in [-0.1, -0.05) is 40.9 Å². The molecule has 0 saturated carbocycles. The van der Waals surface area contributed by atoms with Crippen LogP contribution in [-0.4, -0.2) is 32.6 Å². The van der Waals surface area contributed by atoms with Crippen LogP contribution >= 0.6 is 34.8 Å². The second-order valence-corrected chi connectivity index (χ2v) is 8.52. The van der Waals surface area contributed by atoms with Crippen LogP contribution in [-0.2, 0) is 11.4 Å². The van der Waals surface area contributed by atoms with Crippen molar-refractivity contribution in [3.05, 3.63) is 74.7 Å². The highest BCUT2D eigenvalue weighted by molar-refractivity contribution is 6.35. The van der Waals surface area contributed by atoms with Crippen molar-refractivity contribution in [3.63, 3.8) is 0 Å². The van der Waals surface area contributed by atoms with Crippen molar-refractivity contribution >= 4 is 52.6 Å². The van der Waals surface area contributed by atoms with Gasteiger partial charge in [0.15, 0.2) is 23.0 Å². The average molecular weight is 537 g/mol. The van der Waals surface area contributed by atoms with Gasteiger partial charge in [-0.05, 0) is 42.0 Å². The minimum absolute atomic E-state index is 0.0150. The monoisotopic (exact) mass is 535 g/mol. The molecule has 2 N–H and O–H groups in total. The molecule has 0 atom stereocenters. The van der Waals surface area contributed by atoms with Crippen LogP contribution in [0.25, 0.3) is 0 Å². The van der Waals surface area contributed by atoms with E-state index in [1.807, 2.05) is 0 Å². The molecule has 1 heterocycles. The molecule has 35 heavy (non-hydrogen) atoms. The quantitative estimate of drug-likeness (QED) is 0.276. The first kappa shape index (κ1) is 24.8. The molecule has 182 valence electrons. The van der Waals surface area contributed by atoms with Gasteiger partial charge in [-0.3, -0.25) is 4.79 Å². The van der Waals surface area contributed by atoms with Gasteiger partial charge in [-0.2, -0.15) is 5.10 Å². The van der Waals surface area contributed by atoms with Crippen LogP contribution in [0.3, 0.4) is 0 Å². The summed E-state index contributed by atoms with van der Waals surface area (Å²) in [6, 6.07) is 13.8. The molecule has 3 aromatic carbocycles. The molecule has 0 spiro atoms. The Hall–Kier alpha value is -3.33. The molecule has 4 rings (SSSR count). The summed E-state index contributed by atoms with van der Waals surface area (Å²) in [5, 5.41) is 8.31. The number of benzene rings is 3. The fraction of sp³-hybridized carbons (Fsp3) is 0.167. The molecule has 0 saturated heterocycles. The lowest BCUT2D eigenvalue weighted by Gasteiger charge is -2.14. The second kappa shape index (κ2) is 11.4. The van der Waals surface area contributed by atoms with Gasteiger partial charge >= 0.3 is 0 Å². The number of hydrazone groups is 1. The van der Waals surface area contributed by atoms with Gasteiger partial charge in [0, 0.05) is 27.4 Å². The number of rotatable bonds is 9. The summed E-state index contributed by atoms with van der Waals surface area (Å²) in [6.07, 6.45) is 1.45. The highest BCUT2D eigenvalue weighted by Crippen LogP contribution is 2.37. The fourth-order valence-corrected chi connectivity index (χ4v) is 3.89. The van der Waals surface area contributed by atoms with Crippen molar-refractivity contribution in [3.8, 4) is 23.0 Å². The molecule has 11 heteroatoms. The van der Waals surface area contributed by atoms with Crippen LogP contribution in [0.1, 0.15) is 11.1 Å². The van der Waals surface area contributed by atoms with E-state index in [1.165, 1.54) is 13.3 Å². The Kier molecular flexibility index (Phi) is 8.07. The summed E-state index contributed by atoms with van der Waals surface area (Å²) in [4.78, 5) is 12.1. The lowest BCUT2D eigenvalue weighted by atomic mass is 10.2. The Bertz CT molecular complexity index is 1270. The molecular weight excluding hydrogens is 517 g/mol. The van der Waals surface area contributed by atoms with Crippen LogP contribution in [0, 0.1) is 0 Å². The zero-order valence-electron chi connectivity index (χ0n) is 18.4. The third kappa shape index (κ3) is 6.42. The second-order valence-electron chi connectivity index (χ2n) is 7.27. The molecule has 0 aliphatic carbocycles. The van der Waals surface area contributed by atoms with Crippen molar-refractivity contribution in [2.75, 3.05) is 25.8 Å². The van der Waals surface area contributed by atoms with E-state index in [4.69, 9.17) is 53.8 Å². The summed E-state index contributed by atoms with van der Waals surface area (Å²) in [5.74, 6) is 1.72. The SMILES string of the molecule is COc1cc(/C=N\NC(=O)CNc2ccc3c(c2)OCO3)cc(Cl)c1OCc1ccc(Cl)cc1Cl. The van der Waals surface area contributed by atoms with Crippen LogP contribution in [0.4, 0.5) is 5.69 Å². The fourth-order valence-electron chi connectivity index (χ4n) is 3.15. The van der Waals surface area contributed by atoms with E-state index >= 15 is 0 Å². The smallest absolute Gasteiger partial charge is 0.259 e. The number of hydrogen-bond donors (Lipinski definition) is 2. The van der Waals surface area contributed by atoms with Gasteiger partial charge in [-0.25, -0.2) is 5.43 Å². The predicted molar refractivity (Wildman–Crippen MR) is 136 cm³/mol. The van der Waals surface area contributed by atoms with Gasteiger partial charge in [0.1, 0.15) is 6.61 Å². The minimum atomic E-state index is -0.336. The van der Waals surface area contributed by atoms with E-state index in [1.54, 1.807) is 48.5 Å². The van der Waals surface area contributed by atoms with Crippen molar-refractivity contribution in [1.29, 1.82) is 0 Å². The Morgan fingerprint density at radius 1 is 1.06 bits per heavy atom. The number of carbonyl (C=O) groups excluding carboxylic acids is 1. The minimum Gasteiger partial charge on any atom is -0.493 e. The molecule has 0 radical (unpaired) electrons. The number of carbonyl (C=O) groups is 1. The van der Waals surface area contributed by atoms with Crippen LogP contribution in [0.5, 0.6) is 23.0 Å². The molecular formula is C24H20Cl3N3O5. The van der Waals surface area contributed by atoms with E-state index in [0.717, 1.165) is 11.3 Å². The van der Waals surface area contributed by atoms with E-state index in [2.05, 4.69) is 15.8 Å². The molecule has 0 unspecified atom stereocenters. The van der Waals surface area contributed by atoms with Crippen LogP contribution < -0.4 is 29.7 Å². The molecule has 8 nitrogen and oxygen atoms in total. The van der Waals surface area contributed by atoms with Crippen molar-refractivity contribution < 1.29 is 23.7 Å². The zero-order chi connectivity index (χ0) is 24.8. The third-order valence-electron chi connectivity index (χ3n) is 4.87. The Labute approximate surface area is 216 Å². The maximum absolute atomic E-state index is 12.1. The first-order valence-electron chi connectivity index (χ1n) is 10.3. The lowest BCUT2D eigenvalue weighted by molar-refractivity contribution is -0.119. The summed E-state index contributed by atoms with van der Waals surface area (Å²) in [6.45, 7) is 0.375. The van der Waals surface area contributed by atoms with Gasteiger partial charge < -0.3 is 24.3 Å². The maximum Gasteiger partial charge on any atom is 0.259 e. The predicted octanol–water partition coefficient (Wildman–Crippen LogP) is 5.53. The van der Waals surface area contributed by atoms with Gasteiger partial charge in [0.05, 0.1) is 24.9 Å². The maximum atomic E-state index is 12.1. The first-order chi connectivity index (χ1) is 16.9. The number of fused-ring (bicyclic) bond motifs is 1. The van der Waals surface area contributed by atoms with Gasteiger partial charge in [0.25, 0.3) is 5.91 Å². The third-order valence-corrected chi connectivity index (χ3v) is 5.74. The van der Waals surface area contributed by atoms with E-state index < -0.39 is 0 Å². The van der Waals surface area contributed by atoms with Crippen LogP contribution in [0.15, 0.2) is 53.6 Å². The van der Waals surface area contributed by atoms with Crippen molar-refractivity contribution in [2.24, 2.45) is 5.10 Å². The molecule has 0 aromatic heterocycles. The number of methoxy groups -OCH3 is 1. The number of anilines is 1. The molecule has 3 aromatic rings. The molecule has 1 amide bonds. The number of ether oxygens (including phenoxy) is 4. The summed E-state index contributed by atoms with van der Waals surface area (Å²) in [7, 11) is 1.50. The van der Waals surface area contributed by atoms with E-state index in [0.29, 0.717) is 43.6 Å². The average Bonchev–Trinajstić information content (AvgIpc) is 3.31. The molecule has 0 fully saturated rings. The zero-order valence-corrected chi connectivity index (χ0v) is 20.7. The van der Waals surface area contributed by atoms with E-state index in [9.17, 15) is 4.79 Å². The Balaban J connectivity index is 1.33. The number of nitrogens with one attached hydrogen (secondary N) is 2. The topological polar surface area (TPSA) is 90.4 Å². The first-order valence-corrected chi connectivity index (χ1v) is 11.5. The van der Waals surface area contributed by atoms with Crippen molar-refractivity contribution in [2.45, 2.75) is 6.61 Å². The lowest BCUT2D eigenvalue weighted by Crippen LogP contribution is -2.25. The molecule has 1 aliphatic heterocycles. The standard InChI is InChI=1S/C24H20Cl3N3O5/c1-32-22-7-14(6-19(27)24(22)33-12-15-2-3-16(25)8-18(15)26)10-29-30-23(31)11-28-17-4-5-20-21(9-17)35-13-34-20/h2-10,28H,11-13H2,1H3,(H,30,31)/b29-10-. The van der Waals surface area contributed by atoms with E-state index in [-0.39, 0.29) is 25.9 Å². The highest BCUT2D eigenvalue weighted by atomic mass is 35.5. The molecule has 0 bridgehead atoms. The Morgan fingerprint density at radius 2 is 1.89 bits per heavy atom. The number of amides is 1. The summed E-state index contributed by atoms with van der Waals surface area (Å²) >= 11 is 18.5. The normalized spacial score (nSPS) is 12.0. The van der Waals surface area contributed by atoms with Crippen LogP contribution in [0.2, 0.25) is 15.1 Å². The summed E-state index contributed by atoms with van der Waals surface area (Å²) < 4.78 is 21.8. The number of hydrogen-bond acceptors (Lipinski definition) is 7. The molecule has 1 aliphatic rings.